The Morgan fingerprint density at radius 2 is 1.89 bits per heavy atom. The predicted molar refractivity (Wildman–Crippen MR) is 143 cm³/mol. The van der Waals surface area contributed by atoms with E-state index in [1.54, 1.807) is 30.7 Å². The van der Waals surface area contributed by atoms with Crippen LogP contribution in [0.1, 0.15) is 57.3 Å². The molecule has 1 saturated heterocycles. The zero-order valence-electron chi connectivity index (χ0n) is 21.3. The summed E-state index contributed by atoms with van der Waals surface area (Å²) in [5, 5.41) is 15.8. The van der Waals surface area contributed by atoms with Crippen LogP contribution in [-0.4, -0.2) is 67.9 Å². The van der Waals surface area contributed by atoms with E-state index in [4.69, 9.17) is 0 Å². The van der Waals surface area contributed by atoms with Gasteiger partial charge in [0.1, 0.15) is 12.1 Å². The van der Waals surface area contributed by atoms with Crippen LogP contribution in [-0.2, 0) is 14.4 Å². The minimum atomic E-state index is -1.96. The number of carbonyl (C=O) groups is 3. The Morgan fingerprint density at radius 1 is 1.24 bits per heavy atom. The van der Waals surface area contributed by atoms with Gasteiger partial charge in [0.05, 0.1) is 28.2 Å². The van der Waals surface area contributed by atoms with E-state index in [1.165, 1.54) is 4.90 Å². The maximum absolute atomic E-state index is 14.3. The van der Waals surface area contributed by atoms with Gasteiger partial charge in [-0.2, -0.15) is 12.6 Å². The molecule has 1 unspecified atom stereocenters. The number of halogens is 1. The number of nitrogens with one attached hydrogen (secondary N) is 2. The maximum Gasteiger partial charge on any atom is 0.258 e. The van der Waals surface area contributed by atoms with Crippen LogP contribution < -0.4 is 10.6 Å². The van der Waals surface area contributed by atoms with Gasteiger partial charge in [-0.25, -0.2) is 9.37 Å². The number of β-amino-alcohol motifs (C(OH)–C–C–N with tert-alkyl or cyclic N) is 1. The first-order valence-electron chi connectivity index (χ1n) is 12.3. The molecule has 2 aliphatic rings. The quantitative estimate of drug-likeness (QED) is 0.379. The molecule has 0 bridgehead atoms. The number of aryl methyl sites for hydroxylation is 1. The number of thiazole rings is 1. The van der Waals surface area contributed by atoms with Gasteiger partial charge in [-0.05, 0) is 51.7 Å². The van der Waals surface area contributed by atoms with Crippen LogP contribution in [0, 0.1) is 6.92 Å². The average Bonchev–Trinajstić information content (AvgIpc) is 3.25. The molecule has 0 radical (unpaired) electrons. The fourth-order valence-electron chi connectivity index (χ4n) is 4.50. The van der Waals surface area contributed by atoms with Crippen LogP contribution in [0.2, 0.25) is 0 Å². The van der Waals surface area contributed by atoms with E-state index in [2.05, 4.69) is 28.2 Å². The second-order valence-corrected chi connectivity index (χ2v) is 12.5. The number of aliphatic hydroxyl groups is 1. The molecule has 1 saturated carbocycles. The van der Waals surface area contributed by atoms with Crippen LogP contribution in [0.25, 0.3) is 10.4 Å². The zero-order valence-corrected chi connectivity index (χ0v) is 23.0. The molecular formula is C26H33FN4O4S2. The Kier molecular flexibility index (Phi) is 7.69. The van der Waals surface area contributed by atoms with Crippen LogP contribution in [0.3, 0.4) is 0 Å². The molecule has 2 heterocycles. The minimum absolute atomic E-state index is 0.0641. The highest BCUT2D eigenvalue weighted by atomic mass is 32.1. The number of aromatic nitrogens is 1. The van der Waals surface area contributed by atoms with E-state index < -0.39 is 46.3 Å². The van der Waals surface area contributed by atoms with E-state index in [1.807, 2.05) is 38.1 Å². The number of likely N-dealkylation sites (tertiary alicyclic amines) is 1. The topological polar surface area (TPSA) is 112 Å². The maximum atomic E-state index is 14.3. The monoisotopic (exact) mass is 548 g/mol. The summed E-state index contributed by atoms with van der Waals surface area (Å²) in [5.41, 5.74) is 2.73. The molecule has 2 fully saturated rings. The Hall–Kier alpha value is -2.50. The SMILES string of the molecule is Cc1ncsc1-c1ccc(C(C)NC(=O)[C@@H]2C[C@@H](O)CN2C(=O)[C@@H](NC(=O)C2(F)CC2)C(C)(C)S)cc1. The Labute approximate surface area is 225 Å². The molecule has 2 aromatic rings. The lowest BCUT2D eigenvalue weighted by molar-refractivity contribution is -0.143. The van der Waals surface area contributed by atoms with Gasteiger partial charge >= 0.3 is 0 Å². The zero-order chi connectivity index (χ0) is 27.1. The van der Waals surface area contributed by atoms with Crippen LogP contribution in [0.5, 0.6) is 0 Å². The van der Waals surface area contributed by atoms with Crippen LogP contribution >= 0.6 is 24.0 Å². The lowest BCUT2D eigenvalue weighted by atomic mass is 10.00. The van der Waals surface area contributed by atoms with Crippen LogP contribution in [0.15, 0.2) is 29.8 Å². The number of thiol groups is 1. The molecule has 11 heteroatoms. The third-order valence-corrected chi connectivity index (χ3v) is 8.20. The van der Waals surface area contributed by atoms with E-state index in [-0.39, 0.29) is 31.8 Å². The molecule has 8 nitrogen and oxygen atoms in total. The normalized spacial score (nSPS) is 22.3. The van der Waals surface area contributed by atoms with Crippen molar-refractivity contribution in [3.8, 4) is 10.4 Å². The van der Waals surface area contributed by atoms with Gasteiger partial charge in [-0.15, -0.1) is 11.3 Å². The summed E-state index contributed by atoms with van der Waals surface area (Å²) in [7, 11) is 0. The Morgan fingerprint density at radius 3 is 2.43 bits per heavy atom. The number of alkyl halides is 1. The highest BCUT2D eigenvalue weighted by molar-refractivity contribution is 7.81. The molecule has 1 aliphatic carbocycles. The number of hydrogen-bond donors (Lipinski definition) is 4. The molecule has 0 spiro atoms. The Balaban J connectivity index is 1.46. The smallest absolute Gasteiger partial charge is 0.258 e. The third kappa shape index (κ3) is 5.99. The van der Waals surface area contributed by atoms with Crippen molar-refractivity contribution < 1.29 is 23.9 Å². The Bertz CT molecular complexity index is 1180. The van der Waals surface area contributed by atoms with Crippen molar-refractivity contribution in [2.75, 3.05) is 6.54 Å². The number of rotatable bonds is 8. The van der Waals surface area contributed by atoms with Crippen molar-refractivity contribution in [3.63, 3.8) is 0 Å². The second-order valence-electron chi connectivity index (χ2n) is 10.5. The van der Waals surface area contributed by atoms with E-state index >= 15 is 0 Å². The molecule has 1 aromatic carbocycles. The summed E-state index contributed by atoms with van der Waals surface area (Å²) < 4.78 is 13.3. The standard InChI is InChI=1S/C26H33FN4O4S2/c1-14(16-5-7-17(8-6-16)20-15(2)28-13-37-20)29-22(33)19-11-18(32)12-31(19)23(34)21(25(3,4)36)30-24(35)26(27)9-10-26/h5-8,13-14,18-19,21,32,36H,9-12H2,1-4H3,(H,29,33)(H,30,35)/t14?,18-,19+,21-/m1/s1. The fourth-order valence-corrected chi connectivity index (χ4v) is 5.49. The molecule has 37 heavy (non-hydrogen) atoms. The number of carbonyl (C=O) groups excluding carboxylic acids is 3. The van der Waals surface area contributed by atoms with Gasteiger partial charge in [0.15, 0.2) is 5.67 Å². The van der Waals surface area contributed by atoms with Crippen molar-refractivity contribution in [1.82, 2.24) is 20.5 Å². The highest BCUT2D eigenvalue weighted by Gasteiger charge is 2.53. The third-order valence-electron chi connectivity index (χ3n) is 6.97. The molecule has 4 atom stereocenters. The summed E-state index contributed by atoms with van der Waals surface area (Å²) in [4.78, 5) is 45.8. The fraction of sp³-hybridized carbons (Fsp3) is 0.538. The first kappa shape index (κ1) is 27.5. The van der Waals surface area contributed by atoms with Gasteiger partial charge in [0, 0.05) is 17.7 Å². The molecule has 200 valence electrons. The van der Waals surface area contributed by atoms with E-state index in [9.17, 15) is 23.9 Å². The molecular weight excluding hydrogens is 515 g/mol. The van der Waals surface area contributed by atoms with Gasteiger partial charge < -0.3 is 20.6 Å². The number of aliphatic hydroxyl groups excluding tert-OH is 1. The molecule has 3 N–H and O–H groups in total. The first-order chi connectivity index (χ1) is 17.3. The average molecular weight is 549 g/mol. The van der Waals surface area contributed by atoms with Crippen molar-refractivity contribution in [2.24, 2.45) is 0 Å². The molecule has 1 aromatic heterocycles. The largest absolute Gasteiger partial charge is 0.391 e. The number of hydrogen-bond acceptors (Lipinski definition) is 7. The summed E-state index contributed by atoms with van der Waals surface area (Å²) >= 11 is 6.03. The molecule has 4 rings (SSSR count). The number of benzene rings is 1. The highest BCUT2D eigenvalue weighted by Crippen LogP contribution is 2.40. The first-order valence-corrected chi connectivity index (χ1v) is 13.6. The van der Waals surface area contributed by atoms with Gasteiger partial charge in [-0.3, -0.25) is 14.4 Å². The summed E-state index contributed by atoms with van der Waals surface area (Å²) in [5.74, 6) is -1.84. The summed E-state index contributed by atoms with van der Waals surface area (Å²) in [6.07, 6.45) is -0.604. The van der Waals surface area contributed by atoms with Crippen molar-refractivity contribution >= 4 is 41.7 Å². The van der Waals surface area contributed by atoms with Gasteiger partial charge in [0.2, 0.25) is 11.8 Å². The molecule has 3 amide bonds. The van der Waals surface area contributed by atoms with Crippen molar-refractivity contribution in [3.05, 3.63) is 41.0 Å². The summed E-state index contributed by atoms with van der Waals surface area (Å²) in [6, 6.07) is 5.38. The number of nitrogens with zero attached hydrogens (tertiary/aromatic N) is 2. The minimum Gasteiger partial charge on any atom is -0.391 e. The second kappa shape index (κ2) is 10.3. The van der Waals surface area contributed by atoms with Crippen LogP contribution in [0.4, 0.5) is 4.39 Å². The van der Waals surface area contributed by atoms with Gasteiger partial charge in [-0.1, -0.05) is 24.3 Å². The van der Waals surface area contributed by atoms with E-state index in [0.29, 0.717) is 0 Å². The van der Waals surface area contributed by atoms with Crippen molar-refractivity contribution in [2.45, 2.75) is 81.6 Å². The van der Waals surface area contributed by atoms with E-state index in [0.717, 1.165) is 21.7 Å². The lowest BCUT2D eigenvalue weighted by Crippen LogP contribution is -2.60. The lowest BCUT2D eigenvalue weighted by Gasteiger charge is -2.35. The summed E-state index contributed by atoms with van der Waals surface area (Å²) in [6.45, 7) is 7.01. The van der Waals surface area contributed by atoms with Gasteiger partial charge in [0.25, 0.3) is 5.91 Å². The van der Waals surface area contributed by atoms with Crippen molar-refractivity contribution in [1.29, 1.82) is 0 Å². The number of amides is 3. The molecule has 1 aliphatic heterocycles. The predicted octanol–water partition coefficient (Wildman–Crippen LogP) is 2.95.